The lowest BCUT2D eigenvalue weighted by Crippen LogP contribution is -2.15. The number of aryl methyl sites for hydroxylation is 1. The van der Waals surface area contributed by atoms with E-state index in [1.165, 1.54) is 0 Å². The van der Waals surface area contributed by atoms with E-state index in [4.69, 9.17) is 9.88 Å². The fourth-order valence-corrected chi connectivity index (χ4v) is 3.03. The van der Waals surface area contributed by atoms with Crippen LogP contribution in [0.15, 0.2) is 17.0 Å². The summed E-state index contributed by atoms with van der Waals surface area (Å²) in [6.45, 7) is 10.8. The summed E-state index contributed by atoms with van der Waals surface area (Å²) in [4.78, 5) is 0.181. The molecule has 0 amide bonds. The Balaban J connectivity index is 3.01. The number of nitrogens with two attached hydrogens (primary N) is 1. The van der Waals surface area contributed by atoms with Crippen molar-refractivity contribution >= 4 is 10.0 Å². The maximum Gasteiger partial charge on any atom is 0.238 e. The van der Waals surface area contributed by atoms with Crippen LogP contribution in [0.25, 0.3) is 0 Å². The van der Waals surface area contributed by atoms with Gasteiger partial charge in [-0.05, 0) is 54.9 Å². The molecular weight excluding hydrogens is 286 g/mol. The molecular formula is C16H27NO3S. The highest BCUT2D eigenvalue weighted by Crippen LogP contribution is 2.31. The quantitative estimate of drug-likeness (QED) is 0.782. The second-order valence-electron chi connectivity index (χ2n) is 6.24. The molecule has 5 heteroatoms. The molecule has 0 saturated carbocycles. The van der Waals surface area contributed by atoms with Gasteiger partial charge in [-0.2, -0.15) is 0 Å². The van der Waals surface area contributed by atoms with Gasteiger partial charge in [-0.25, -0.2) is 13.6 Å². The zero-order valence-corrected chi connectivity index (χ0v) is 14.5. The van der Waals surface area contributed by atoms with E-state index in [1.54, 1.807) is 19.1 Å². The van der Waals surface area contributed by atoms with Gasteiger partial charge in [0, 0.05) is 0 Å². The summed E-state index contributed by atoms with van der Waals surface area (Å²) in [7, 11) is -3.70. The number of sulfonamides is 1. The van der Waals surface area contributed by atoms with Crippen LogP contribution in [-0.4, -0.2) is 15.0 Å². The second kappa shape index (κ2) is 7.27. The van der Waals surface area contributed by atoms with Crippen LogP contribution < -0.4 is 9.88 Å². The Labute approximate surface area is 128 Å². The van der Waals surface area contributed by atoms with Gasteiger partial charge >= 0.3 is 0 Å². The van der Waals surface area contributed by atoms with Gasteiger partial charge in [0.1, 0.15) is 5.75 Å². The van der Waals surface area contributed by atoms with Crippen molar-refractivity contribution in [2.75, 3.05) is 6.61 Å². The van der Waals surface area contributed by atoms with Gasteiger partial charge in [-0.1, -0.05) is 27.7 Å². The van der Waals surface area contributed by atoms with Gasteiger partial charge in [0.2, 0.25) is 10.0 Å². The number of primary sulfonamides is 1. The fraction of sp³-hybridized carbons (Fsp3) is 0.625. The first-order chi connectivity index (χ1) is 9.62. The van der Waals surface area contributed by atoms with Crippen molar-refractivity contribution in [3.05, 3.63) is 23.3 Å². The molecule has 21 heavy (non-hydrogen) atoms. The Morgan fingerprint density at radius 3 is 2.29 bits per heavy atom. The molecule has 0 aliphatic heterocycles. The third-order valence-electron chi connectivity index (χ3n) is 3.42. The van der Waals surface area contributed by atoms with Crippen molar-refractivity contribution in [3.8, 4) is 5.75 Å². The highest BCUT2D eigenvalue weighted by molar-refractivity contribution is 7.89. The molecule has 0 fully saturated rings. The Kier molecular flexibility index (Phi) is 6.23. The van der Waals surface area contributed by atoms with Crippen molar-refractivity contribution in [2.45, 2.75) is 58.3 Å². The molecule has 0 aliphatic carbocycles. The monoisotopic (exact) mass is 313 g/mol. The average Bonchev–Trinajstić information content (AvgIpc) is 2.32. The standard InChI is InChI=1S/C16H27NO3S/c1-11(2)7-6-8-20-15-9-13(5)16(21(17,18)19)10-14(15)12(3)4/h9-12H,6-8H2,1-5H3,(H2,17,18,19). The van der Waals surface area contributed by atoms with Crippen LogP contribution in [0, 0.1) is 12.8 Å². The fourth-order valence-electron chi connectivity index (χ4n) is 2.23. The van der Waals surface area contributed by atoms with Crippen molar-refractivity contribution in [3.63, 3.8) is 0 Å². The highest BCUT2D eigenvalue weighted by atomic mass is 32.2. The number of rotatable bonds is 7. The molecule has 1 aromatic rings. The molecule has 2 N–H and O–H groups in total. The second-order valence-corrected chi connectivity index (χ2v) is 7.77. The summed E-state index contributed by atoms with van der Waals surface area (Å²) in [6, 6.07) is 3.43. The van der Waals surface area contributed by atoms with Gasteiger partial charge in [0.25, 0.3) is 0 Å². The lowest BCUT2D eigenvalue weighted by Gasteiger charge is -2.17. The first-order valence-corrected chi connectivity index (χ1v) is 8.97. The Bertz CT molecular complexity index is 577. The predicted octanol–water partition coefficient (Wildman–Crippen LogP) is 3.58. The Hall–Kier alpha value is -1.07. The SMILES string of the molecule is Cc1cc(OCCCC(C)C)c(C(C)C)cc1S(N)(=O)=O. The lowest BCUT2D eigenvalue weighted by molar-refractivity contribution is 0.293. The third-order valence-corrected chi connectivity index (χ3v) is 4.47. The van der Waals surface area contributed by atoms with Crippen molar-refractivity contribution < 1.29 is 13.2 Å². The zero-order valence-electron chi connectivity index (χ0n) is 13.6. The minimum Gasteiger partial charge on any atom is -0.493 e. The first kappa shape index (κ1) is 18.0. The summed E-state index contributed by atoms with van der Waals surface area (Å²) in [5.74, 6) is 1.59. The van der Waals surface area contributed by atoms with E-state index in [0.29, 0.717) is 18.1 Å². The largest absolute Gasteiger partial charge is 0.493 e. The van der Waals surface area contributed by atoms with E-state index >= 15 is 0 Å². The summed E-state index contributed by atoms with van der Waals surface area (Å²) < 4.78 is 29.1. The molecule has 0 aliphatic rings. The topological polar surface area (TPSA) is 69.4 Å². The summed E-state index contributed by atoms with van der Waals surface area (Å²) >= 11 is 0. The van der Waals surface area contributed by atoms with Crippen LogP contribution in [0.5, 0.6) is 5.75 Å². The molecule has 4 nitrogen and oxygen atoms in total. The van der Waals surface area contributed by atoms with Gasteiger partial charge < -0.3 is 4.74 Å². The Morgan fingerprint density at radius 2 is 1.81 bits per heavy atom. The molecule has 0 heterocycles. The van der Waals surface area contributed by atoms with Crippen LogP contribution in [-0.2, 0) is 10.0 Å². The minimum atomic E-state index is -3.70. The minimum absolute atomic E-state index is 0.172. The van der Waals surface area contributed by atoms with E-state index < -0.39 is 10.0 Å². The molecule has 120 valence electrons. The van der Waals surface area contributed by atoms with Gasteiger partial charge in [-0.3, -0.25) is 0 Å². The number of hydrogen-bond acceptors (Lipinski definition) is 3. The zero-order chi connectivity index (χ0) is 16.2. The normalized spacial score (nSPS) is 12.2. The number of hydrogen-bond donors (Lipinski definition) is 1. The van der Waals surface area contributed by atoms with Crippen molar-refractivity contribution in [1.29, 1.82) is 0 Å². The van der Waals surface area contributed by atoms with Crippen LogP contribution in [0.2, 0.25) is 0 Å². The van der Waals surface area contributed by atoms with E-state index in [1.807, 2.05) is 13.8 Å². The first-order valence-electron chi connectivity index (χ1n) is 7.43. The molecule has 0 saturated heterocycles. The summed E-state index contributed by atoms with van der Waals surface area (Å²) in [6.07, 6.45) is 2.11. The maximum absolute atomic E-state index is 11.6. The molecule has 0 spiro atoms. The molecule has 0 aromatic heterocycles. The molecule has 0 unspecified atom stereocenters. The molecule has 0 atom stereocenters. The lowest BCUT2D eigenvalue weighted by atomic mass is 10.0. The van der Waals surface area contributed by atoms with Crippen molar-refractivity contribution in [2.24, 2.45) is 11.1 Å². The number of ether oxygens (including phenoxy) is 1. The number of benzene rings is 1. The molecule has 0 radical (unpaired) electrons. The van der Waals surface area contributed by atoms with Crippen LogP contribution in [0.3, 0.4) is 0 Å². The van der Waals surface area contributed by atoms with Gasteiger partial charge in [0.05, 0.1) is 11.5 Å². The smallest absolute Gasteiger partial charge is 0.238 e. The molecule has 0 bridgehead atoms. The van der Waals surface area contributed by atoms with E-state index in [9.17, 15) is 8.42 Å². The third kappa shape index (κ3) is 5.32. The average molecular weight is 313 g/mol. The predicted molar refractivity (Wildman–Crippen MR) is 86.2 cm³/mol. The maximum atomic E-state index is 11.6. The van der Waals surface area contributed by atoms with E-state index in [-0.39, 0.29) is 10.8 Å². The van der Waals surface area contributed by atoms with Crippen molar-refractivity contribution in [1.82, 2.24) is 0 Å². The molecule has 1 rings (SSSR count). The summed E-state index contributed by atoms with van der Waals surface area (Å²) in [5, 5.41) is 5.26. The van der Waals surface area contributed by atoms with Gasteiger partial charge in [0.15, 0.2) is 0 Å². The van der Waals surface area contributed by atoms with Crippen LogP contribution in [0.1, 0.15) is 57.6 Å². The van der Waals surface area contributed by atoms with Gasteiger partial charge in [-0.15, -0.1) is 0 Å². The Morgan fingerprint density at radius 1 is 1.19 bits per heavy atom. The highest BCUT2D eigenvalue weighted by Gasteiger charge is 2.17. The van der Waals surface area contributed by atoms with E-state index in [2.05, 4.69) is 13.8 Å². The summed E-state index contributed by atoms with van der Waals surface area (Å²) in [5.41, 5.74) is 1.51. The van der Waals surface area contributed by atoms with Crippen LogP contribution in [0.4, 0.5) is 0 Å². The molecule has 1 aromatic carbocycles. The van der Waals surface area contributed by atoms with E-state index in [0.717, 1.165) is 24.2 Å². The van der Waals surface area contributed by atoms with Crippen LogP contribution >= 0.6 is 0 Å².